The summed E-state index contributed by atoms with van der Waals surface area (Å²) in [5, 5.41) is 3.04. The Hall–Kier alpha value is -2.31. The third-order valence-electron chi connectivity index (χ3n) is 5.28. The fourth-order valence-corrected chi connectivity index (χ4v) is 4.12. The summed E-state index contributed by atoms with van der Waals surface area (Å²) in [6.07, 6.45) is 2.07. The number of hydrogen-bond donors (Lipinski definition) is 1. The Balaban J connectivity index is 1.49. The number of hydrogen-bond acceptors (Lipinski definition) is 4. The molecule has 2 aromatic carbocycles. The minimum Gasteiger partial charge on any atom is -0.336 e. The molecule has 1 saturated heterocycles. The Labute approximate surface area is 177 Å². The lowest BCUT2D eigenvalue weighted by Gasteiger charge is -2.34. The first-order chi connectivity index (χ1) is 14.0. The van der Waals surface area contributed by atoms with E-state index >= 15 is 0 Å². The summed E-state index contributed by atoms with van der Waals surface area (Å²) in [7, 11) is 0. The number of benzene rings is 2. The van der Waals surface area contributed by atoms with Crippen molar-refractivity contribution in [1.29, 1.82) is 0 Å². The van der Waals surface area contributed by atoms with E-state index in [0.717, 1.165) is 28.1 Å². The first-order valence-electron chi connectivity index (χ1n) is 9.93. The van der Waals surface area contributed by atoms with Crippen molar-refractivity contribution in [1.82, 2.24) is 9.80 Å². The number of piperazine rings is 1. The van der Waals surface area contributed by atoms with Gasteiger partial charge in [-0.1, -0.05) is 30.3 Å². The second-order valence-electron chi connectivity index (χ2n) is 7.51. The molecule has 1 aliphatic heterocycles. The van der Waals surface area contributed by atoms with Crippen molar-refractivity contribution in [3.8, 4) is 0 Å². The van der Waals surface area contributed by atoms with E-state index in [4.69, 9.17) is 0 Å². The van der Waals surface area contributed by atoms with Crippen molar-refractivity contribution < 1.29 is 9.59 Å². The molecule has 6 heteroatoms. The van der Waals surface area contributed by atoms with Crippen molar-refractivity contribution in [2.45, 2.75) is 19.6 Å². The first kappa shape index (κ1) is 21.4. The Morgan fingerprint density at radius 3 is 2.17 bits per heavy atom. The minimum atomic E-state index is -0.00782. The van der Waals surface area contributed by atoms with Crippen LogP contribution in [0.5, 0.6) is 0 Å². The number of carbonyl (C=O) groups is 2. The zero-order valence-corrected chi connectivity index (χ0v) is 18.2. The molecule has 1 N–H and O–H groups in total. The second kappa shape index (κ2) is 9.94. The number of amides is 2. The van der Waals surface area contributed by atoms with E-state index in [0.29, 0.717) is 32.7 Å². The summed E-state index contributed by atoms with van der Waals surface area (Å²) in [5.41, 5.74) is 5.00. The van der Waals surface area contributed by atoms with E-state index in [1.807, 2.05) is 61.2 Å². The van der Waals surface area contributed by atoms with Crippen LogP contribution in [0.15, 0.2) is 42.5 Å². The molecule has 29 heavy (non-hydrogen) atoms. The van der Waals surface area contributed by atoms with Gasteiger partial charge in [0, 0.05) is 43.2 Å². The average molecular weight is 412 g/mol. The Morgan fingerprint density at radius 1 is 0.966 bits per heavy atom. The number of thioether (sulfide) groups is 1. The van der Waals surface area contributed by atoms with Crippen molar-refractivity contribution >= 4 is 29.3 Å². The molecule has 0 unspecified atom stereocenters. The maximum Gasteiger partial charge on any atom is 0.253 e. The van der Waals surface area contributed by atoms with E-state index in [9.17, 15) is 9.59 Å². The van der Waals surface area contributed by atoms with Crippen LogP contribution in [0.1, 0.15) is 27.0 Å². The third-order valence-corrected chi connectivity index (χ3v) is 5.91. The largest absolute Gasteiger partial charge is 0.336 e. The van der Waals surface area contributed by atoms with E-state index in [1.54, 1.807) is 11.8 Å². The lowest BCUT2D eigenvalue weighted by molar-refractivity contribution is -0.117. The molecule has 2 aromatic rings. The van der Waals surface area contributed by atoms with E-state index < -0.39 is 0 Å². The normalized spacial score (nSPS) is 14.7. The van der Waals surface area contributed by atoms with Gasteiger partial charge in [-0.05, 0) is 48.9 Å². The van der Waals surface area contributed by atoms with Gasteiger partial charge in [0.1, 0.15) is 0 Å². The number of nitrogens with one attached hydrogen (secondary N) is 1. The highest BCUT2D eigenvalue weighted by Gasteiger charge is 2.23. The number of para-hydroxylation sites is 1. The maximum atomic E-state index is 12.7. The fourth-order valence-electron chi connectivity index (χ4n) is 3.60. The monoisotopic (exact) mass is 411 g/mol. The molecule has 0 aromatic heterocycles. The number of carbonyl (C=O) groups excluding carboxylic acids is 2. The van der Waals surface area contributed by atoms with Crippen LogP contribution in [0, 0.1) is 13.8 Å². The molecule has 5 nitrogen and oxygen atoms in total. The molecule has 0 bridgehead atoms. The molecular weight excluding hydrogens is 382 g/mol. The highest BCUT2D eigenvalue weighted by Crippen LogP contribution is 2.19. The van der Waals surface area contributed by atoms with Crippen LogP contribution in [0.4, 0.5) is 5.69 Å². The second-order valence-corrected chi connectivity index (χ2v) is 8.38. The van der Waals surface area contributed by atoms with Gasteiger partial charge < -0.3 is 10.2 Å². The SMILES string of the molecule is CSCc1ccc(C(=O)N2CCN(CC(=O)Nc3c(C)cccc3C)CC2)cc1. The van der Waals surface area contributed by atoms with Gasteiger partial charge in [0.25, 0.3) is 5.91 Å². The average Bonchev–Trinajstić information content (AvgIpc) is 2.72. The summed E-state index contributed by atoms with van der Waals surface area (Å²) < 4.78 is 0. The van der Waals surface area contributed by atoms with Crippen molar-refractivity contribution in [3.63, 3.8) is 0 Å². The van der Waals surface area contributed by atoms with Crippen LogP contribution in [-0.2, 0) is 10.5 Å². The molecule has 1 aliphatic rings. The van der Waals surface area contributed by atoms with Crippen LogP contribution >= 0.6 is 11.8 Å². The molecule has 0 radical (unpaired) electrons. The van der Waals surface area contributed by atoms with Gasteiger partial charge in [-0.15, -0.1) is 0 Å². The van der Waals surface area contributed by atoms with Gasteiger partial charge in [-0.25, -0.2) is 0 Å². The molecule has 1 heterocycles. The van der Waals surface area contributed by atoms with Crippen molar-refractivity contribution in [2.75, 3.05) is 44.3 Å². The summed E-state index contributed by atoms with van der Waals surface area (Å²) in [5.74, 6) is 1.02. The lowest BCUT2D eigenvalue weighted by Crippen LogP contribution is -2.50. The Kier molecular flexibility index (Phi) is 7.34. The number of nitrogens with zero attached hydrogens (tertiary/aromatic N) is 2. The molecule has 0 atom stereocenters. The fraction of sp³-hybridized carbons (Fsp3) is 0.391. The van der Waals surface area contributed by atoms with Gasteiger partial charge in [0.2, 0.25) is 5.91 Å². The van der Waals surface area contributed by atoms with E-state index in [-0.39, 0.29) is 11.8 Å². The van der Waals surface area contributed by atoms with Crippen LogP contribution in [0.2, 0.25) is 0 Å². The van der Waals surface area contributed by atoms with Crippen LogP contribution < -0.4 is 5.32 Å². The summed E-state index contributed by atoms with van der Waals surface area (Å²) in [4.78, 5) is 29.2. The zero-order chi connectivity index (χ0) is 20.8. The molecule has 0 aliphatic carbocycles. The predicted molar refractivity (Wildman–Crippen MR) is 121 cm³/mol. The summed E-state index contributed by atoms with van der Waals surface area (Å²) in [6, 6.07) is 13.9. The van der Waals surface area contributed by atoms with Crippen LogP contribution in [0.25, 0.3) is 0 Å². The number of aryl methyl sites for hydroxylation is 2. The Morgan fingerprint density at radius 2 is 1.59 bits per heavy atom. The molecule has 0 spiro atoms. The summed E-state index contributed by atoms with van der Waals surface area (Å²) >= 11 is 1.77. The number of anilines is 1. The molecule has 154 valence electrons. The topological polar surface area (TPSA) is 52.7 Å². The Bertz CT molecular complexity index is 839. The van der Waals surface area contributed by atoms with Gasteiger partial charge in [0.05, 0.1) is 6.54 Å². The molecular formula is C23H29N3O2S. The maximum absolute atomic E-state index is 12.7. The quantitative estimate of drug-likeness (QED) is 0.790. The smallest absolute Gasteiger partial charge is 0.253 e. The molecule has 3 rings (SSSR count). The number of rotatable bonds is 6. The third kappa shape index (κ3) is 5.61. The minimum absolute atomic E-state index is 0.00782. The lowest BCUT2D eigenvalue weighted by atomic mass is 10.1. The van der Waals surface area contributed by atoms with Crippen molar-refractivity contribution in [3.05, 3.63) is 64.7 Å². The van der Waals surface area contributed by atoms with Crippen LogP contribution in [0.3, 0.4) is 0 Å². The molecule has 0 saturated carbocycles. The van der Waals surface area contributed by atoms with Gasteiger partial charge in [-0.3, -0.25) is 14.5 Å². The van der Waals surface area contributed by atoms with Gasteiger partial charge in [-0.2, -0.15) is 11.8 Å². The standard InChI is InChI=1S/C23H29N3O2S/c1-17-5-4-6-18(2)22(17)24-21(27)15-25-11-13-26(14-12-25)23(28)20-9-7-19(8-10-20)16-29-3/h4-10H,11-16H2,1-3H3,(H,24,27). The summed E-state index contributed by atoms with van der Waals surface area (Å²) in [6.45, 7) is 7.04. The zero-order valence-electron chi connectivity index (χ0n) is 17.4. The molecule has 1 fully saturated rings. The van der Waals surface area contributed by atoms with Crippen molar-refractivity contribution in [2.24, 2.45) is 0 Å². The van der Waals surface area contributed by atoms with Gasteiger partial charge in [0.15, 0.2) is 0 Å². The van der Waals surface area contributed by atoms with E-state index in [2.05, 4.69) is 16.5 Å². The highest BCUT2D eigenvalue weighted by atomic mass is 32.2. The van der Waals surface area contributed by atoms with Crippen LogP contribution in [-0.4, -0.2) is 60.6 Å². The van der Waals surface area contributed by atoms with Gasteiger partial charge >= 0.3 is 0 Å². The molecule has 2 amide bonds. The van der Waals surface area contributed by atoms with E-state index in [1.165, 1.54) is 5.56 Å². The first-order valence-corrected chi connectivity index (χ1v) is 11.3. The predicted octanol–water partition coefficient (Wildman–Crippen LogP) is 3.56. The highest BCUT2D eigenvalue weighted by molar-refractivity contribution is 7.97.